The molecule has 1 fully saturated rings. The summed E-state index contributed by atoms with van der Waals surface area (Å²) in [7, 11) is 1.45. The van der Waals surface area contributed by atoms with E-state index in [1.807, 2.05) is 31.2 Å². The molecule has 1 atom stereocenters. The van der Waals surface area contributed by atoms with E-state index in [4.69, 9.17) is 4.74 Å². The molecule has 1 heterocycles. The number of anilines is 1. The standard InChI is InChI=1S/C13H17NO2S/c1-10-3-5-11(6-4-10)14-13(12(15)16-2)7-8-17-9-13/h3-6,14H,7-9H2,1-2H3. The Hall–Kier alpha value is -1.16. The van der Waals surface area contributed by atoms with E-state index in [-0.39, 0.29) is 5.97 Å². The Kier molecular flexibility index (Phi) is 3.62. The van der Waals surface area contributed by atoms with Crippen LogP contribution >= 0.6 is 11.8 Å². The second-order valence-corrected chi connectivity index (χ2v) is 5.47. The van der Waals surface area contributed by atoms with E-state index < -0.39 is 5.54 Å². The molecule has 0 amide bonds. The minimum Gasteiger partial charge on any atom is -0.467 e. The number of esters is 1. The van der Waals surface area contributed by atoms with Crippen molar-refractivity contribution < 1.29 is 9.53 Å². The van der Waals surface area contributed by atoms with Gasteiger partial charge in [-0.3, -0.25) is 0 Å². The van der Waals surface area contributed by atoms with Crippen LogP contribution in [0.2, 0.25) is 0 Å². The van der Waals surface area contributed by atoms with Gasteiger partial charge in [-0.15, -0.1) is 0 Å². The molecule has 0 bridgehead atoms. The molecule has 1 aromatic carbocycles. The number of hydrogen-bond acceptors (Lipinski definition) is 4. The van der Waals surface area contributed by atoms with Crippen molar-refractivity contribution in [3.05, 3.63) is 29.8 Å². The van der Waals surface area contributed by atoms with Crippen LogP contribution in [0.25, 0.3) is 0 Å². The van der Waals surface area contributed by atoms with E-state index in [9.17, 15) is 4.79 Å². The Morgan fingerprint density at radius 3 is 2.65 bits per heavy atom. The molecule has 0 aliphatic carbocycles. The Balaban J connectivity index is 2.18. The second kappa shape index (κ2) is 5.00. The summed E-state index contributed by atoms with van der Waals surface area (Å²) in [5, 5.41) is 3.34. The number of nitrogens with one attached hydrogen (secondary N) is 1. The normalized spacial score (nSPS) is 23.4. The van der Waals surface area contributed by atoms with Crippen LogP contribution in [0.3, 0.4) is 0 Å². The molecule has 1 unspecified atom stereocenters. The monoisotopic (exact) mass is 251 g/mol. The molecule has 92 valence electrons. The summed E-state index contributed by atoms with van der Waals surface area (Å²) in [6.45, 7) is 2.05. The first kappa shape index (κ1) is 12.3. The van der Waals surface area contributed by atoms with Crippen LogP contribution in [-0.2, 0) is 9.53 Å². The van der Waals surface area contributed by atoms with Gasteiger partial charge < -0.3 is 10.1 Å². The molecule has 1 aromatic rings. The first-order valence-electron chi connectivity index (χ1n) is 5.67. The van der Waals surface area contributed by atoms with Crippen molar-refractivity contribution in [3.8, 4) is 0 Å². The molecular weight excluding hydrogens is 234 g/mol. The van der Waals surface area contributed by atoms with Crippen molar-refractivity contribution in [1.82, 2.24) is 0 Å². The van der Waals surface area contributed by atoms with Crippen LogP contribution in [0.4, 0.5) is 5.69 Å². The summed E-state index contributed by atoms with van der Waals surface area (Å²) >= 11 is 1.78. The minimum absolute atomic E-state index is 0.164. The van der Waals surface area contributed by atoms with Crippen LogP contribution in [0.15, 0.2) is 24.3 Å². The lowest BCUT2D eigenvalue weighted by Gasteiger charge is -2.27. The van der Waals surface area contributed by atoms with Crippen molar-refractivity contribution in [2.45, 2.75) is 18.9 Å². The molecule has 1 N–H and O–H groups in total. The largest absolute Gasteiger partial charge is 0.467 e. The molecule has 1 aliphatic rings. The molecular formula is C13H17NO2S. The Morgan fingerprint density at radius 2 is 2.12 bits per heavy atom. The number of thioether (sulfide) groups is 1. The van der Waals surface area contributed by atoms with Gasteiger partial charge in [0, 0.05) is 11.4 Å². The molecule has 0 saturated carbocycles. The average molecular weight is 251 g/mol. The van der Waals surface area contributed by atoms with E-state index in [1.54, 1.807) is 11.8 Å². The van der Waals surface area contributed by atoms with E-state index in [0.717, 1.165) is 23.6 Å². The Bertz CT molecular complexity index is 396. The van der Waals surface area contributed by atoms with Gasteiger partial charge in [-0.2, -0.15) is 11.8 Å². The van der Waals surface area contributed by atoms with Gasteiger partial charge in [0.15, 0.2) is 0 Å². The second-order valence-electron chi connectivity index (χ2n) is 4.37. The van der Waals surface area contributed by atoms with Crippen LogP contribution < -0.4 is 5.32 Å². The van der Waals surface area contributed by atoms with E-state index in [2.05, 4.69) is 5.32 Å². The minimum atomic E-state index is -0.547. The van der Waals surface area contributed by atoms with Crippen LogP contribution in [-0.4, -0.2) is 30.1 Å². The summed E-state index contributed by atoms with van der Waals surface area (Å²) < 4.78 is 4.92. The van der Waals surface area contributed by atoms with Gasteiger partial charge >= 0.3 is 5.97 Å². The van der Waals surface area contributed by atoms with Gasteiger partial charge in [0.25, 0.3) is 0 Å². The SMILES string of the molecule is COC(=O)C1(Nc2ccc(C)cc2)CCSC1. The van der Waals surface area contributed by atoms with Gasteiger partial charge in [0.05, 0.1) is 7.11 Å². The summed E-state index contributed by atoms with van der Waals surface area (Å²) in [6, 6.07) is 8.08. The first-order valence-corrected chi connectivity index (χ1v) is 6.83. The molecule has 17 heavy (non-hydrogen) atoms. The maximum Gasteiger partial charge on any atom is 0.332 e. The molecule has 1 saturated heterocycles. The molecule has 3 nitrogen and oxygen atoms in total. The van der Waals surface area contributed by atoms with Crippen LogP contribution in [0.5, 0.6) is 0 Å². The highest BCUT2D eigenvalue weighted by Gasteiger charge is 2.42. The van der Waals surface area contributed by atoms with Crippen molar-refractivity contribution in [1.29, 1.82) is 0 Å². The average Bonchev–Trinajstić information content (AvgIpc) is 2.81. The maximum atomic E-state index is 11.9. The fourth-order valence-corrected chi connectivity index (χ4v) is 3.30. The van der Waals surface area contributed by atoms with Crippen LogP contribution in [0.1, 0.15) is 12.0 Å². The van der Waals surface area contributed by atoms with E-state index >= 15 is 0 Å². The van der Waals surface area contributed by atoms with Gasteiger partial charge in [-0.25, -0.2) is 4.79 Å². The molecule has 2 rings (SSSR count). The van der Waals surface area contributed by atoms with E-state index in [0.29, 0.717) is 0 Å². The Morgan fingerprint density at radius 1 is 1.41 bits per heavy atom. The van der Waals surface area contributed by atoms with Crippen molar-refractivity contribution in [2.75, 3.05) is 23.9 Å². The number of rotatable bonds is 3. The smallest absolute Gasteiger partial charge is 0.332 e. The zero-order valence-corrected chi connectivity index (χ0v) is 11.0. The predicted octanol–water partition coefficient (Wildman–Crippen LogP) is 2.46. The summed E-state index contributed by atoms with van der Waals surface area (Å²) in [5.74, 6) is 1.60. The molecule has 0 spiro atoms. The van der Waals surface area contributed by atoms with Crippen molar-refractivity contribution in [3.63, 3.8) is 0 Å². The topological polar surface area (TPSA) is 38.3 Å². The lowest BCUT2D eigenvalue weighted by Crippen LogP contribution is -2.47. The zero-order chi connectivity index (χ0) is 12.3. The third kappa shape index (κ3) is 2.57. The zero-order valence-electron chi connectivity index (χ0n) is 10.2. The number of hydrogen-bond donors (Lipinski definition) is 1. The van der Waals surface area contributed by atoms with Crippen molar-refractivity contribution >= 4 is 23.4 Å². The van der Waals surface area contributed by atoms with Gasteiger partial charge in [0.2, 0.25) is 0 Å². The highest BCUT2D eigenvalue weighted by Crippen LogP contribution is 2.32. The molecule has 4 heteroatoms. The van der Waals surface area contributed by atoms with Crippen LogP contribution in [0, 0.1) is 6.92 Å². The fraction of sp³-hybridized carbons (Fsp3) is 0.462. The number of carbonyl (C=O) groups is 1. The Labute approximate surface area is 106 Å². The summed E-state index contributed by atoms with van der Waals surface area (Å²) in [4.78, 5) is 11.9. The third-order valence-electron chi connectivity index (χ3n) is 3.03. The van der Waals surface area contributed by atoms with Crippen molar-refractivity contribution in [2.24, 2.45) is 0 Å². The van der Waals surface area contributed by atoms with Gasteiger partial charge in [-0.05, 0) is 31.2 Å². The molecule has 0 radical (unpaired) electrons. The lowest BCUT2D eigenvalue weighted by atomic mass is 9.98. The first-order chi connectivity index (χ1) is 8.16. The number of aryl methyl sites for hydroxylation is 1. The number of benzene rings is 1. The molecule has 1 aliphatic heterocycles. The van der Waals surface area contributed by atoms with Gasteiger partial charge in [0.1, 0.15) is 5.54 Å². The predicted molar refractivity (Wildman–Crippen MR) is 71.5 cm³/mol. The number of methoxy groups -OCH3 is 1. The lowest BCUT2D eigenvalue weighted by molar-refractivity contribution is -0.145. The third-order valence-corrected chi connectivity index (χ3v) is 4.22. The number of ether oxygens (including phenoxy) is 1. The summed E-state index contributed by atoms with van der Waals surface area (Å²) in [5.41, 5.74) is 1.64. The highest BCUT2D eigenvalue weighted by atomic mass is 32.2. The maximum absolute atomic E-state index is 11.9. The number of carbonyl (C=O) groups excluding carboxylic acids is 1. The molecule has 0 aromatic heterocycles. The highest BCUT2D eigenvalue weighted by molar-refractivity contribution is 7.99. The fourth-order valence-electron chi connectivity index (χ4n) is 1.98. The summed E-state index contributed by atoms with van der Waals surface area (Å²) in [6.07, 6.45) is 0.818. The van der Waals surface area contributed by atoms with Gasteiger partial charge in [-0.1, -0.05) is 17.7 Å². The van der Waals surface area contributed by atoms with E-state index in [1.165, 1.54) is 12.7 Å². The quantitative estimate of drug-likeness (QED) is 0.838.